The maximum absolute atomic E-state index is 13.5. The number of aryl methyl sites for hydroxylation is 1. The molecule has 0 saturated carbocycles. The van der Waals surface area contributed by atoms with Gasteiger partial charge in [-0.2, -0.15) is 0 Å². The van der Waals surface area contributed by atoms with Crippen LogP contribution in [0.2, 0.25) is 0 Å². The lowest BCUT2D eigenvalue weighted by molar-refractivity contribution is -0.137. The van der Waals surface area contributed by atoms with Crippen molar-refractivity contribution in [3.63, 3.8) is 0 Å². The number of carbonyl (C=O) groups excluding carboxylic acids is 2. The van der Waals surface area contributed by atoms with Crippen LogP contribution < -0.4 is 10.2 Å². The average molecular weight is 517 g/mol. The molecule has 0 bridgehead atoms. The molecule has 1 aliphatic rings. The van der Waals surface area contributed by atoms with Crippen molar-refractivity contribution >= 4 is 31.1 Å². The number of hydrogen-bond donors (Lipinski definition) is 2. The number of rotatable bonds is 12. The van der Waals surface area contributed by atoms with E-state index in [0.717, 1.165) is 11.1 Å². The minimum absolute atomic E-state index is 0.143. The molecule has 194 valence electrons. The number of nitrogens with one attached hydrogen (secondary N) is 1. The number of carboxylic acids is 1. The van der Waals surface area contributed by atoms with E-state index in [1.54, 1.807) is 26.0 Å². The second-order valence-electron chi connectivity index (χ2n) is 8.56. The van der Waals surface area contributed by atoms with Gasteiger partial charge in [-0.05, 0) is 50.3 Å². The Morgan fingerprint density at radius 2 is 1.72 bits per heavy atom. The normalized spacial score (nSPS) is 16.7. The number of aliphatic carboxylic acids is 1. The van der Waals surface area contributed by atoms with Crippen LogP contribution in [0, 0.1) is 5.92 Å². The van der Waals surface area contributed by atoms with Gasteiger partial charge in [0.05, 0.1) is 25.3 Å². The smallest absolute Gasteiger partial charge is 0.331 e. The van der Waals surface area contributed by atoms with Crippen molar-refractivity contribution in [1.29, 1.82) is 0 Å². The maximum Gasteiger partial charge on any atom is 0.331 e. The lowest BCUT2D eigenvalue weighted by Crippen LogP contribution is -2.51. The molecule has 0 radical (unpaired) electrons. The maximum atomic E-state index is 13.5. The quantitative estimate of drug-likeness (QED) is 0.413. The Balaban J connectivity index is 1.86. The molecule has 0 aromatic heterocycles. The van der Waals surface area contributed by atoms with Gasteiger partial charge in [0.2, 0.25) is 11.8 Å². The summed E-state index contributed by atoms with van der Waals surface area (Å²) in [5.74, 6) is -2.89. The molecule has 0 unspecified atom stereocenters. The zero-order chi connectivity index (χ0) is 26.1. The third kappa shape index (κ3) is 7.26. The van der Waals surface area contributed by atoms with Gasteiger partial charge in [0, 0.05) is 5.69 Å². The van der Waals surface area contributed by atoms with E-state index >= 15 is 0 Å². The molecular weight excluding hydrogens is 483 g/mol. The number of carbonyl (C=O) groups is 3. The number of nitrogens with zero attached hydrogens (tertiary/aromatic N) is 1. The van der Waals surface area contributed by atoms with E-state index in [4.69, 9.17) is 9.05 Å². The number of fused-ring (bicyclic) bond motifs is 1. The Morgan fingerprint density at radius 3 is 2.36 bits per heavy atom. The zero-order valence-electron chi connectivity index (χ0n) is 20.6. The summed E-state index contributed by atoms with van der Waals surface area (Å²) in [6, 6.07) is 15.5. The number of para-hydroxylation sites is 1. The largest absolute Gasteiger partial charge is 0.480 e. The molecule has 0 fully saturated rings. The van der Waals surface area contributed by atoms with Crippen LogP contribution in [0.1, 0.15) is 31.4 Å². The van der Waals surface area contributed by atoms with Crippen LogP contribution >= 0.6 is 7.60 Å². The summed E-state index contributed by atoms with van der Waals surface area (Å²) in [6.07, 6.45) is 0.930. The summed E-state index contributed by atoms with van der Waals surface area (Å²) in [7, 11) is -3.56. The van der Waals surface area contributed by atoms with Crippen molar-refractivity contribution in [2.75, 3.05) is 30.8 Å². The highest BCUT2D eigenvalue weighted by molar-refractivity contribution is 7.53. The molecule has 2 amide bonds. The van der Waals surface area contributed by atoms with Crippen molar-refractivity contribution in [2.24, 2.45) is 5.92 Å². The molecule has 10 heteroatoms. The van der Waals surface area contributed by atoms with Crippen LogP contribution in [0.25, 0.3) is 0 Å². The van der Waals surface area contributed by atoms with E-state index in [0.29, 0.717) is 18.5 Å². The van der Waals surface area contributed by atoms with Gasteiger partial charge < -0.3 is 19.5 Å². The standard InChI is InChI=1S/C26H33N2O7P/c1-3-34-36(33,35-4-2)18-21(16-19-10-6-5-7-11-19)25(31)27-22-15-14-20-12-8-9-13-23(20)28(26(22)32)17-24(29)30/h5-13,21-22H,3-4,14-18H2,1-2H3,(H,27,31)(H,29,30)/t21-,22+/m1/s1. The lowest BCUT2D eigenvalue weighted by Gasteiger charge is -2.27. The van der Waals surface area contributed by atoms with Crippen molar-refractivity contribution in [3.8, 4) is 0 Å². The molecule has 2 N–H and O–H groups in total. The van der Waals surface area contributed by atoms with Crippen LogP contribution in [-0.2, 0) is 40.8 Å². The van der Waals surface area contributed by atoms with Crippen LogP contribution in [0.5, 0.6) is 0 Å². The van der Waals surface area contributed by atoms with E-state index in [1.165, 1.54) is 4.90 Å². The summed E-state index contributed by atoms with van der Waals surface area (Å²) in [6.45, 7) is 3.23. The molecule has 0 aliphatic carbocycles. The molecule has 0 saturated heterocycles. The highest BCUT2D eigenvalue weighted by atomic mass is 31.2. The molecule has 1 heterocycles. The van der Waals surface area contributed by atoms with E-state index in [1.807, 2.05) is 42.5 Å². The number of carboxylic acid groups (broad SMARTS) is 1. The topological polar surface area (TPSA) is 122 Å². The van der Waals surface area contributed by atoms with Crippen LogP contribution in [0.4, 0.5) is 5.69 Å². The first kappa shape index (κ1) is 27.6. The number of amides is 2. The Hall–Kier alpha value is -3.00. The summed E-state index contributed by atoms with van der Waals surface area (Å²) in [5.41, 5.74) is 2.23. The summed E-state index contributed by atoms with van der Waals surface area (Å²) in [4.78, 5) is 39.6. The lowest BCUT2D eigenvalue weighted by atomic mass is 9.99. The average Bonchev–Trinajstić information content (AvgIpc) is 2.96. The Kier molecular flexibility index (Phi) is 9.81. The zero-order valence-corrected chi connectivity index (χ0v) is 21.5. The highest BCUT2D eigenvalue weighted by Crippen LogP contribution is 2.50. The first-order valence-corrected chi connectivity index (χ1v) is 13.8. The van der Waals surface area contributed by atoms with E-state index in [9.17, 15) is 24.1 Å². The van der Waals surface area contributed by atoms with Crippen molar-refractivity contribution in [1.82, 2.24) is 5.32 Å². The van der Waals surface area contributed by atoms with Crippen molar-refractivity contribution < 1.29 is 33.1 Å². The number of anilines is 1. The summed E-state index contributed by atoms with van der Waals surface area (Å²) in [5, 5.41) is 12.2. The molecule has 0 spiro atoms. The van der Waals surface area contributed by atoms with E-state index < -0.39 is 43.9 Å². The predicted octanol–water partition coefficient (Wildman–Crippen LogP) is 3.66. The molecular formula is C26H33N2O7P. The van der Waals surface area contributed by atoms with Crippen LogP contribution in [0.3, 0.4) is 0 Å². The molecule has 2 aromatic carbocycles. The molecule has 2 aromatic rings. The fourth-order valence-corrected chi connectivity index (χ4v) is 6.29. The highest BCUT2D eigenvalue weighted by Gasteiger charge is 2.37. The summed E-state index contributed by atoms with van der Waals surface area (Å²) < 4.78 is 24.2. The Labute approximate surface area is 211 Å². The van der Waals surface area contributed by atoms with Gasteiger partial charge in [0.1, 0.15) is 12.6 Å². The minimum Gasteiger partial charge on any atom is -0.480 e. The number of benzene rings is 2. The van der Waals surface area contributed by atoms with Gasteiger partial charge in [0.25, 0.3) is 0 Å². The van der Waals surface area contributed by atoms with Crippen molar-refractivity contribution in [2.45, 2.75) is 39.2 Å². The van der Waals surface area contributed by atoms with Gasteiger partial charge >= 0.3 is 13.6 Å². The first-order valence-electron chi connectivity index (χ1n) is 12.1. The third-order valence-electron chi connectivity index (χ3n) is 5.95. The molecule has 1 aliphatic heterocycles. The fourth-order valence-electron chi connectivity index (χ4n) is 4.38. The van der Waals surface area contributed by atoms with Gasteiger partial charge in [-0.1, -0.05) is 48.5 Å². The molecule has 2 atom stereocenters. The predicted molar refractivity (Wildman–Crippen MR) is 136 cm³/mol. The van der Waals surface area contributed by atoms with Crippen molar-refractivity contribution in [3.05, 3.63) is 65.7 Å². The molecule has 36 heavy (non-hydrogen) atoms. The SMILES string of the molecule is CCOP(=O)(C[C@@H](Cc1ccccc1)C(=O)N[C@H]1CCc2ccccc2N(CC(=O)O)C1=O)OCC. The van der Waals surface area contributed by atoms with Gasteiger partial charge in [-0.3, -0.25) is 23.8 Å². The first-order chi connectivity index (χ1) is 17.3. The monoisotopic (exact) mass is 516 g/mol. The third-order valence-corrected chi connectivity index (χ3v) is 8.14. The minimum atomic E-state index is -3.56. The Morgan fingerprint density at radius 1 is 1.08 bits per heavy atom. The van der Waals surface area contributed by atoms with Gasteiger partial charge in [0.15, 0.2) is 0 Å². The van der Waals surface area contributed by atoms with E-state index in [2.05, 4.69) is 5.32 Å². The second kappa shape index (κ2) is 12.8. The van der Waals surface area contributed by atoms with Gasteiger partial charge in [-0.15, -0.1) is 0 Å². The molecule has 9 nitrogen and oxygen atoms in total. The van der Waals surface area contributed by atoms with Gasteiger partial charge in [-0.25, -0.2) is 0 Å². The Bertz CT molecular complexity index is 1100. The number of hydrogen-bond acceptors (Lipinski definition) is 6. The van der Waals surface area contributed by atoms with Crippen LogP contribution in [-0.4, -0.2) is 54.9 Å². The molecule has 3 rings (SSSR count). The second-order valence-corrected chi connectivity index (χ2v) is 10.7. The fraction of sp³-hybridized carbons (Fsp3) is 0.423. The summed E-state index contributed by atoms with van der Waals surface area (Å²) >= 11 is 0. The van der Waals surface area contributed by atoms with E-state index in [-0.39, 0.29) is 25.8 Å². The van der Waals surface area contributed by atoms with Crippen LogP contribution in [0.15, 0.2) is 54.6 Å².